The van der Waals surface area contributed by atoms with E-state index in [1.54, 1.807) is 0 Å². The van der Waals surface area contributed by atoms with Gasteiger partial charge in [-0.15, -0.1) is 0 Å². The van der Waals surface area contributed by atoms with Crippen molar-refractivity contribution < 1.29 is 17.9 Å². The average molecular weight is 211 g/mol. The Bertz CT molecular complexity index is 215. The molecule has 0 aliphatic carbocycles. The predicted molar refractivity (Wildman–Crippen MR) is 49.9 cm³/mol. The van der Waals surface area contributed by atoms with Crippen LogP contribution in [0.5, 0.6) is 0 Å². The van der Waals surface area contributed by atoms with Gasteiger partial charge in [0.15, 0.2) is 0 Å². The molecule has 1 unspecified atom stereocenters. The molecule has 80 valence electrons. The summed E-state index contributed by atoms with van der Waals surface area (Å²) >= 11 is 0. The number of rotatable bonds is 7. The maximum atomic E-state index is 10.5. The van der Waals surface area contributed by atoms with E-state index in [1.807, 2.05) is 13.8 Å². The molecule has 0 rings (SSSR count). The highest BCUT2D eigenvalue weighted by Crippen LogP contribution is 1.92. The highest BCUT2D eigenvalue weighted by molar-refractivity contribution is 7.89. The van der Waals surface area contributed by atoms with E-state index in [0.29, 0.717) is 13.2 Å². The van der Waals surface area contributed by atoms with Crippen LogP contribution in [-0.2, 0) is 19.5 Å². The average Bonchev–Trinajstić information content (AvgIpc) is 1.98. The molecule has 6 heteroatoms. The molecule has 0 heterocycles. The van der Waals surface area contributed by atoms with Crippen LogP contribution in [0.3, 0.4) is 0 Å². The number of ether oxygens (including phenoxy) is 2. The topological polar surface area (TPSA) is 78.6 Å². The van der Waals surface area contributed by atoms with Gasteiger partial charge in [0.25, 0.3) is 0 Å². The number of nitrogens with two attached hydrogens (primary N) is 1. The molecule has 0 aromatic rings. The van der Waals surface area contributed by atoms with Gasteiger partial charge >= 0.3 is 0 Å². The Morgan fingerprint density at radius 1 is 1.46 bits per heavy atom. The summed E-state index contributed by atoms with van der Waals surface area (Å²) in [6.45, 7) is 4.92. The van der Waals surface area contributed by atoms with Crippen molar-refractivity contribution in [2.24, 2.45) is 5.14 Å². The highest BCUT2D eigenvalue weighted by atomic mass is 32.2. The first-order valence-electron chi connectivity index (χ1n) is 4.15. The molecule has 0 radical (unpaired) electrons. The van der Waals surface area contributed by atoms with Crippen LogP contribution in [0.1, 0.15) is 13.8 Å². The molecule has 0 spiro atoms. The molecule has 0 aromatic carbocycles. The monoisotopic (exact) mass is 211 g/mol. The van der Waals surface area contributed by atoms with Gasteiger partial charge in [0.2, 0.25) is 10.0 Å². The molecule has 0 saturated heterocycles. The Kier molecular flexibility index (Phi) is 6.23. The van der Waals surface area contributed by atoms with Crippen molar-refractivity contribution in [3.8, 4) is 0 Å². The maximum Gasteiger partial charge on any atom is 0.211 e. The second-order valence-electron chi connectivity index (χ2n) is 2.71. The van der Waals surface area contributed by atoms with Gasteiger partial charge in [0, 0.05) is 6.61 Å². The molecule has 0 bridgehead atoms. The van der Waals surface area contributed by atoms with Gasteiger partial charge < -0.3 is 9.47 Å². The fraction of sp³-hybridized carbons (Fsp3) is 1.00. The number of primary sulfonamides is 1. The summed E-state index contributed by atoms with van der Waals surface area (Å²) in [6, 6.07) is 0. The predicted octanol–water partition coefficient (Wildman–Crippen LogP) is -0.283. The summed E-state index contributed by atoms with van der Waals surface area (Å²) in [5.74, 6) is -0.149. The van der Waals surface area contributed by atoms with Crippen LogP contribution in [0.4, 0.5) is 0 Å². The second kappa shape index (κ2) is 6.31. The molecule has 0 aromatic heterocycles. The fourth-order valence-electron chi connectivity index (χ4n) is 0.697. The van der Waals surface area contributed by atoms with Gasteiger partial charge in [-0.25, -0.2) is 13.6 Å². The molecule has 2 N–H and O–H groups in total. The minimum atomic E-state index is -3.41. The van der Waals surface area contributed by atoms with E-state index in [1.165, 1.54) is 0 Å². The molecule has 0 fully saturated rings. The molecular formula is C7H17NO4S. The van der Waals surface area contributed by atoms with E-state index in [4.69, 9.17) is 14.6 Å². The van der Waals surface area contributed by atoms with Gasteiger partial charge in [-0.3, -0.25) is 0 Å². The van der Waals surface area contributed by atoms with Crippen molar-refractivity contribution in [3.63, 3.8) is 0 Å². The lowest BCUT2D eigenvalue weighted by molar-refractivity contribution is 0.00289. The van der Waals surface area contributed by atoms with Crippen molar-refractivity contribution in [2.45, 2.75) is 20.0 Å². The molecule has 13 heavy (non-hydrogen) atoms. The Morgan fingerprint density at radius 3 is 2.54 bits per heavy atom. The van der Waals surface area contributed by atoms with Crippen LogP contribution in [0.15, 0.2) is 0 Å². The van der Waals surface area contributed by atoms with Gasteiger partial charge in [0.1, 0.15) is 0 Å². The third-order valence-electron chi connectivity index (χ3n) is 1.33. The van der Waals surface area contributed by atoms with Crippen molar-refractivity contribution in [2.75, 3.05) is 25.6 Å². The molecule has 5 nitrogen and oxygen atoms in total. The van der Waals surface area contributed by atoms with Crippen LogP contribution in [0.25, 0.3) is 0 Å². The van der Waals surface area contributed by atoms with Crippen molar-refractivity contribution >= 4 is 10.0 Å². The van der Waals surface area contributed by atoms with Crippen LogP contribution in [-0.4, -0.2) is 40.1 Å². The number of sulfonamides is 1. The van der Waals surface area contributed by atoms with Crippen LogP contribution >= 0.6 is 0 Å². The van der Waals surface area contributed by atoms with E-state index in [0.717, 1.165) is 0 Å². The third kappa shape index (κ3) is 9.75. The highest BCUT2D eigenvalue weighted by Gasteiger charge is 2.05. The molecule has 0 aliphatic rings. The summed E-state index contributed by atoms with van der Waals surface area (Å²) in [5.41, 5.74) is 0. The molecule has 0 saturated carbocycles. The van der Waals surface area contributed by atoms with E-state index in [2.05, 4.69) is 0 Å². The van der Waals surface area contributed by atoms with Crippen LogP contribution < -0.4 is 5.14 Å². The summed E-state index contributed by atoms with van der Waals surface area (Å²) in [5, 5.41) is 4.78. The Labute approximate surface area is 79.3 Å². The van der Waals surface area contributed by atoms with Gasteiger partial charge in [0.05, 0.1) is 25.1 Å². The summed E-state index contributed by atoms with van der Waals surface area (Å²) in [4.78, 5) is 0. The summed E-state index contributed by atoms with van der Waals surface area (Å²) in [7, 11) is -3.41. The normalized spacial score (nSPS) is 14.4. The maximum absolute atomic E-state index is 10.5. The van der Waals surface area contributed by atoms with Crippen molar-refractivity contribution in [1.82, 2.24) is 0 Å². The van der Waals surface area contributed by atoms with Gasteiger partial charge in [-0.1, -0.05) is 0 Å². The largest absolute Gasteiger partial charge is 0.379 e. The lowest BCUT2D eigenvalue weighted by atomic mass is 10.4. The second-order valence-corrected chi connectivity index (χ2v) is 4.44. The smallest absolute Gasteiger partial charge is 0.211 e. The quantitative estimate of drug-likeness (QED) is 0.628. The van der Waals surface area contributed by atoms with Gasteiger partial charge in [-0.05, 0) is 13.8 Å². The molecule has 0 aliphatic heterocycles. The molecule has 0 amide bonds. The number of hydrogen-bond donors (Lipinski definition) is 1. The van der Waals surface area contributed by atoms with E-state index in [-0.39, 0.29) is 18.5 Å². The number of hydrogen-bond acceptors (Lipinski definition) is 4. The van der Waals surface area contributed by atoms with E-state index in [9.17, 15) is 8.42 Å². The van der Waals surface area contributed by atoms with Crippen LogP contribution in [0.2, 0.25) is 0 Å². The zero-order chi connectivity index (χ0) is 10.3. The van der Waals surface area contributed by atoms with E-state index >= 15 is 0 Å². The Balaban J connectivity index is 3.42. The Hall–Kier alpha value is -0.170. The summed E-state index contributed by atoms with van der Waals surface area (Å²) < 4.78 is 31.2. The van der Waals surface area contributed by atoms with Crippen molar-refractivity contribution in [3.05, 3.63) is 0 Å². The Morgan fingerprint density at radius 2 is 2.08 bits per heavy atom. The van der Waals surface area contributed by atoms with E-state index < -0.39 is 10.0 Å². The van der Waals surface area contributed by atoms with Gasteiger partial charge in [-0.2, -0.15) is 0 Å². The molecular weight excluding hydrogens is 194 g/mol. The minimum Gasteiger partial charge on any atom is -0.379 e. The lowest BCUT2D eigenvalue weighted by Gasteiger charge is -2.11. The third-order valence-corrected chi connectivity index (χ3v) is 2.06. The first-order chi connectivity index (χ1) is 5.95. The first-order valence-corrected chi connectivity index (χ1v) is 5.87. The summed E-state index contributed by atoms with van der Waals surface area (Å²) in [6.07, 6.45) is -0.0956. The zero-order valence-electron chi connectivity index (χ0n) is 8.02. The zero-order valence-corrected chi connectivity index (χ0v) is 8.84. The lowest BCUT2D eigenvalue weighted by Crippen LogP contribution is -2.24. The fourth-order valence-corrected chi connectivity index (χ4v) is 1.03. The SMILES string of the molecule is CCOCC(C)OCCS(N)(=O)=O. The minimum absolute atomic E-state index is 0.0956. The molecule has 1 atom stereocenters. The first kappa shape index (κ1) is 12.8. The van der Waals surface area contributed by atoms with Crippen LogP contribution in [0, 0.1) is 0 Å². The standard InChI is InChI=1S/C7H17NO4S/c1-3-11-6-7(2)12-4-5-13(8,9)10/h7H,3-6H2,1-2H3,(H2,8,9,10). The van der Waals surface area contributed by atoms with Crippen molar-refractivity contribution in [1.29, 1.82) is 0 Å².